The van der Waals surface area contributed by atoms with Crippen molar-refractivity contribution in [1.29, 1.82) is 0 Å². The van der Waals surface area contributed by atoms with Gasteiger partial charge >= 0.3 is 0 Å². The summed E-state index contributed by atoms with van der Waals surface area (Å²) in [5.41, 5.74) is 7.72. The van der Waals surface area contributed by atoms with Crippen molar-refractivity contribution in [1.82, 2.24) is 4.98 Å². The van der Waals surface area contributed by atoms with Gasteiger partial charge in [0, 0.05) is 18.3 Å². The Kier molecular flexibility index (Phi) is 4.42. The zero-order valence-corrected chi connectivity index (χ0v) is 11.1. The summed E-state index contributed by atoms with van der Waals surface area (Å²) in [6.45, 7) is 2.73. The van der Waals surface area contributed by atoms with Gasteiger partial charge in [-0.2, -0.15) is 0 Å². The van der Waals surface area contributed by atoms with E-state index in [-0.39, 0.29) is 6.61 Å². The van der Waals surface area contributed by atoms with Crippen LogP contribution in [-0.2, 0) is 0 Å². The molecular weight excluding hydrogens is 226 g/mol. The van der Waals surface area contributed by atoms with Crippen molar-refractivity contribution in [2.75, 3.05) is 23.8 Å². The van der Waals surface area contributed by atoms with E-state index in [0.29, 0.717) is 18.3 Å². The number of pyridine rings is 1. The van der Waals surface area contributed by atoms with E-state index in [1.807, 2.05) is 19.1 Å². The van der Waals surface area contributed by atoms with Gasteiger partial charge in [0.2, 0.25) is 0 Å². The smallest absolute Gasteiger partial charge is 0.152 e. The molecule has 1 saturated carbocycles. The van der Waals surface area contributed by atoms with Crippen LogP contribution in [0.15, 0.2) is 12.1 Å². The van der Waals surface area contributed by atoms with Crippen LogP contribution in [0.2, 0.25) is 0 Å². The van der Waals surface area contributed by atoms with Crippen LogP contribution in [0.4, 0.5) is 11.5 Å². The number of aryl methyl sites for hydroxylation is 1. The zero-order valence-electron chi connectivity index (χ0n) is 11.1. The average Bonchev–Trinajstić information content (AvgIpc) is 2.40. The lowest BCUT2D eigenvalue weighted by Crippen LogP contribution is -2.40. The highest BCUT2D eigenvalue weighted by atomic mass is 16.3. The van der Waals surface area contributed by atoms with Crippen LogP contribution in [0, 0.1) is 6.92 Å². The molecule has 0 unspecified atom stereocenters. The fourth-order valence-electron chi connectivity index (χ4n) is 2.75. The van der Waals surface area contributed by atoms with Gasteiger partial charge in [-0.05, 0) is 31.9 Å². The van der Waals surface area contributed by atoms with E-state index in [1.54, 1.807) is 0 Å². The van der Waals surface area contributed by atoms with E-state index < -0.39 is 0 Å². The highest BCUT2D eigenvalue weighted by molar-refractivity contribution is 5.63. The second-order valence-electron chi connectivity index (χ2n) is 5.07. The lowest BCUT2D eigenvalue weighted by atomic mass is 9.94. The van der Waals surface area contributed by atoms with E-state index >= 15 is 0 Å². The molecule has 100 valence electrons. The van der Waals surface area contributed by atoms with Gasteiger partial charge in [0.05, 0.1) is 12.3 Å². The third kappa shape index (κ3) is 2.93. The highest BCUT2D eigenvalue weighted by Crippen LogP contribution is 2.29. The largest absolute Gasteiger partial charge is 0.396 e. The van der Waals surface area contributed by atoms with Crippen molar-refractivity contribution in [3.63, 3.8) is 0 Å². The quantitative estimate of drug-likeness (QED) is 0.858. The number of rotatable bonds is 4. The number of aliphatic hydroxyl groups excluding tert-OH is 1. The Morgan fingerprint density at radius 1 is 1.33 bits per heavy atom. The summed E-state index contributed by atoms with van der Waals surface area (Å²) >= 11 is 0. The van der Waals surface area contributed by atoms with Gasteiger partial charge in [0.15, 0.2) is 5.82 Å². The molecule has 1 aliphatic carbocycles. The monoisotopic (exact) mass is 249 g/mol. The second-order valence-corrected chi connectivity index (χ2v) is 5.07. The van der Waals surface area contributed by atoms with Crippen molar-refractivity contribution >= 4 is 11.5 Å². The molecule has 1 aliphatic rings. The number of aromatic nitrogens is 1. The van der Waals surface area contributed by atoms with E-state index in [2.05, 4.69) is 9.88 Å². The van der Waals surface area contributed by atoms with Gasteiger partial charge in [-0.15, -0.1) is 0 Å². The fourth-order valence-corrected chi connectivity index (χ4v) is 2.75. The molecule has 0 spiro atoms. The summed E-state index contributed by atoms with van der Waals surface area (Å²) in [5.74, 6) is 0.843. The number of nitrogens with two attached hydrogens (primary N) is 1. The van der Waals surface area contributed by atoms with Crippen molar-refractivity contribution in [2.24, 2.45) is 0 Å². The molecule has 4 heteroatoms. The Hall–Kier alpha value is -1.29. The summed E-state index contributed by atoms with van der Waals surface area (Å²) in [5, 5.41) is 9.28. The summed E-state index contributed by atoms with van der Waals surface area (Å²) in [6, 6.07) is 4.31. The van der Waals surface area contributed by atoms with Gasteiger partial charge in [-0.25, -0.2) is 4.98 Å². The van der Waals surface area contributed by atoms with Crippen molar-refractivity contribution in [3.05, 3.63) is 17.8 Å². The maximum atomic E-state index is 9.28. The third-order valence-corrected chi connectivity index (χ3v) is 3.67. The van der Waals surface area contributed by atoms with Crippen LogP contribution in [0.5, 0.6) is 0 Å². The van der Waals surface area contributed by atoms with Crippen molar-refractivity contribution < 1.29 is 5.11 Å². The van der Waals surface area contributed by atoms with Gasteiger partial charge < -0.3 is 15.7 Å². The minimum Gasteiger partial charge on any atom is -0.396 e. The van der Waals surface area contributed by atoms with Gasteiger partial charge in [0.1, 0.15) is 0 Å². The van der Waals surface area contributed by atoms with E-state index in [4.69, 9.17) is 5.73 Å². The molecule has 0 radical (unpaired) electrons. The minimum atomic E-state index is 0.144. The first-order valence-electron chi connectivity index (χ1n) is 6.83. The molecule has 18 heavy (non-hydrogen) atoms. The predicted octanol–water partition coefficient (Wildman–Crippen LogP) is 2.10. The lowest BCUT2D eigenvalue weighted by Gasteiger charge is -2.35. The highest BCUT2D eigenvalue weighted by Gasteiger charge is 2.23. The summed E-state index contributed by atoms with van der Waals surface area (Å²) < 4.78 is 0. The summed E-state index contributed by atoms with van der Waals surface area (Å²) in [4.78, 5) is 6.75. The Morgan fingerprint density at radius 3 is 2.72 bits per heavy atom. The first kappa shape index (κ1) is 13.1. The number of nitrogen functional groups attached to an aromatic ring is 1. The molecule has 2 rings (SSSR count). The summed E-state index contributed by atoms with van der Waals surface area (Å²) in [6.07, 6.45) is 6.20. The minimum absolute atomic E-state index is 0.144. The number of anilines is 2. The molecule has 0 aromatic carbocycles. The van der Waals surface area contributed by atoms with Gasteiger partial charge in [-0.3, -0.25) is 0 Å². The average molecular weight is 249 g/mol. The van der Waals surface area contributed by atoms with Crippen LogP contribution in [0.1, 0.15) is 37.8 Å². The van der Waals surface area contributed by atoms with E-state index in [9.17, 15) is 5.11 Å². The van der Waals surface area contributed by atoms with Gasteiger partial charge in [-0.1, -0.05) is 19.3 Å². The molecule has 0 bridgehead atoms. The first-order chi connectivity index (χ1) is 8.72. The molecule has 1 fully saturated rings. The SMILES string of the molecule is Cc1ccc(N)c(N(CCO)C2CCCCC2)n1. The van der Waals surface area contributed by atoms with Crippen molar-refractivity contribution in [3.8, 4) is 0 Å². The molecule has 0 saturated heterocycles. The summed E-state index contributed by atoms with van der Waals surface area (Å²) in [7, 11) is 0. The molecular formula is C14H23N3O. The number of aliphatic hydroxyl groups is 1. The Bertz CT molecular complexity index is 389. The lowest BCUT2D eigenvalue weighted by molar-refractivity contribution is 0.289. The molecule has 0 amide bonds. The number of nitrogens with zero attached hydrogens (tertiary/aromatic N) is 2. The second kappa shape index (κ2) is 6.05. The molecule has 0 atom stereocenters. The standard InChI is InChI=1S/C14H23N3O/c1-11-7-8-13(15)14(16-11)17(9-10-18)12-5-3-2-4-6-12/h7-8,12,18H,2-6,9-10,15H2,1H3. The Balaban J connectivity index is 2.24. The van der Waals surface area contributed by atoms with E-state index in [0.717, 1.165) is 11.5 Å². The van der Waals surface area contributed by atoms with Gasteiger partial charge in [0.25, 0.3) is 0 Å². The third-order valence-electron chi connectivity index (χ3n) is 3.67. The van der Waals surface area contributed by atoms with Crippen LogP contribution < -0.4 is 10.6 Å². The van der Waals surface area contributed by atoms with Crippen LogP contribution in [0.25, 0.3) is 0 Å². The van der Waals surface area contributed by atoms with Crippen LogP contribution in [-0.4, -0.2) is 29.3 Å². The normalized spacial score (nSPS) is 16.8. The van der Waals surface area contributed by atoms with E-state index in [1.165, 1.54) is 32.1 Å². The Morgan fingerprint density at radius 2 is 2.06 bits per heavy atom. The maximum absolute atomic E-state index is 9.28. The number of hydrogen-bond acceptors (Lipinski definition) is 4. The molecule has 1 aromatic rings. The van der Waals surface area contributed by atoms with Crippen LogP contribution in [0.3, 0.4) is 0 Å². The maximum Gasteiger partial charge on any atom is 0.152 e. The molecule has 1 aromatic heterocycles. The topological polar surface area (TPSA) is 62.4 Å². The molecule has 4 nitrogen and oxygen atoms in total. The number of hydrogen-bond donors (Lipinski definition) is 2. The molecule has 0 aliphatic heterocycles. The van der Waals surface area contributed by atoms with Crippen LogP contribution >= 0.6 is 0 Å². The zero-order chi connectivity index (χ0) is 13.0. The predicted molar refractivity (Wildman–Crippen MR) is 74.7 cm³/mol. The first-order valence-corrected chi connectivity index (χ1v) is 6.83. The van der Waals surface area contributed by atoms with Crippen molar-refractivity contribution in [2.45, 2.75) is 45.1 Å². The Labute approximate surface area is 109 Å². The molecule has 3 N–H and O–H groups in total. The molecule has 1 heterocycles. The fraction of sp³-hybridized carbons (Fsp3) is 0.643.